The van der Waals surface area contributed by atoms with E-state index in [0.717, 1.165) is 4.88 Å². The molecule has 0 fully saturated rings. The minimum atomic E-state index is -0.110. The Balaban J connectivity index is 1.92. The quantitative estimate of drug-likeness (QED) is 0.524. The summed E-state index contributed by atoms with van der Waals surface area (Å²) in [5.41, 5.74) is 2.42. The fourth-order valence-corrected chi connectivity index (χ4v) is 3.27. The number of benzene rings is 1. The van der Waals surface area contributed by atoms with Gasteiger partial charge in [-0.2, -0.15) is 0 Å². The highest BCUT2D eigenvalue weighted by molar-refractivity contribution is 7.13. The molecule has 0 saturated heterocycles. The summed E-state index contributed by atoms with van der Waals surface area (Å²) in [6, 6.07) is 14.3. The van der Waals surface area contributed by atoms with E-state index in [1.165, 1.54) is 0 Å². The van der Waals surface area contributed by atoms with E-state index in [1.807, 2.05) is 35.8 Å². The number of hydrogen-bond acceptors (Lipinski definition) is 6. The van der Waals surface area contributed by atoms with E-state index < -0.39 is 0 Å². The maximum absolute atomic E-state index is 9.88. The summed E-state index contributed by atoms with van der Waals surface area (Å²) < 4.78 is 1.80. The van der Waals surface area contributed by atoms with Crippen LogP contribution in [0.2, 0.25) is 0 Å². The first kappa shape index (κ1) is 15.5. The van der Waals surface area contributed by atoms with Crippen molar-refractivity contribution in [2.75, 3.05) is 0 Å². The molecule has 25 heavy (non-hydrogen) atoms. The van der Waals surface area contributed by atoms with Gasteiger partial charge in [0.1, 0.15) is 22.8 Å². The number of imidazole rings is 1. The Hall–Kier alpha value is -3.03. The number of nitrogens with zero attached hydrogens (tertiary/aromatic N) is 4. The summed E-state index contributed by atoms with van der Waals surface area (Å²) in [6.07, 6.45) is 1.83. The van der Waals surface area contributed by atoms with Gasteiger partial charge in [0, 0.05) is 11.8 Å². The molecule has 3 heterocycles. The second-order valence-corrected chi connectivity index (χ2v) is 6.28. The molecule has 7 heteroatoms. The molecule has 0 aliphatic rings. The zero-order valence-electron chi connectivity index (χ0n) is 13.1. The number of phenols is 1. The van der Waals surface area contributed by atoms with Gasteiger partial charge in [-0.3, -0.25) is 4.40 Å². The van der Waals surface area contributed by atoms with E-state index in [1.54, 1.807) is 40.0 Å². The molecule has 0 radical (unpaired) electrons. The number of aromatic hydroxyl groups is 1. The minimum absolute atomic E-state index is 0.0637. The van der Waals surface area contributed by atoms with Gasteiger partial charge in [-0.15, -0.1) is 21.6 Å². The van der Waals surface area contributed by atoms with Crippen molar-refractivity contribution in [3.63, 3.8) is 0 Å². The number of aromatic nitrogens is 2. The predicted molar refractivity (Wildman–Crippen MR) is 96.7 cm³/mol. The minimum Gasteiger partial charge on any atom is -0.506 e. The lowest BCUT2D eigenvalue weighted by Gasteiger charge is -2.00. The molecule has 0 unspecified atom stereocenters. The van der Waals surface area contributed by atoms with Crippen LogP contribution in [0.4, 0.5) is 11.5 Å². The third-order valence-corrected chi connectivity index (χ3v) is 4.64. The van der Waals surface area contributed by atoms with Crippen LogP contribution in [-0.4, -0.2) is 19.6 Å². The van der Waals surface area contributed by atoms with Gasteiger partial charge in [-0.25, -0.2) is 4.98 Å². The average Bonchev–Trinajstić information content (AvgIpc) is 3.28. The molecule has 2 N–H and O–H groups in total. The molecule has 0 atom stereocenters. The van der Waals surface area contributed by atoms with Crippen molar-refractivity contribution in [2.45, 2.75) is 6.61 Å². The molecule has 1 aromatic carbocycles. The van der Waals surface area contributed by atoms with Crippen LogP contribution in [0.15, 0.2) is 70.3 Å². The van der Waals surface area contributed by atoms with Crippen LogP contribution in [0.25, 0.3) is 16.2 Å². The Morgan fingerprint density at radius 1 is 1.04 bits per heavy atom. The number of phenolic OH excluding ortho intramolecular Hbond substituents is 1. The number of rotatable bonds is 4. The van der Waals surface area contributed by atoms with E-state index in [4.69, 9.17) is 0 Å². The summed E-state index contributed by atoms with van der Waals surface area (Å²) in [5, 5.41) is 29.9. The van der Waals surface area contributed by atoms with Gasteiger partial charge in [0.15, 0.2) is 5.82 Å². The third kappa shape index (κ3) is 2.79. The van der Waals surface area contributed by atoms with Crippen LogP contribution in [0.1, 0.15) is 5.56 Å². The van der Waals surface area contributed by atoms with Crippen LogP contribution >= 0.6 is 11.3 Å². The van der Waals surface area contributed by atoms with Gasteiger partial charge in [-0.1, -0.05) is 24.3 Å². The Morgan fingerprint density at radius 2 is 1.92 bits per heavy atom. The summed E-state index contributed by atoms with van der Waals surface area (Å²) in [6.45, 7) is -0.110. The Labute approximate surface area is 147 Å². The molecule has 0 aliphatic carbocycles. The molecular weight excluding hydrogens is 336 g/mol. The first-order valence-electron chi connectivity index (χ1n) is 7.62. The second kappa shape index (κ2) is 6.46. The number of para-hydroxylation sites is 1. The second-order valence-electron chi connectivity index (χ2n) is 5.34. The van der Waals surface area contributed by atoms with Gasteiger partial charge < -0.3 is 10.2 Å². The SMILES string of the molecule is OCc1cccn2c(N=Nc3ccccc3O)c(-c3cccs3)nc12. The standard InChI is InChI=1S/C18H14N4O2S/c23-11-12-5-3-9-22-17(12)19-16(15-8-4-10-25-15)18(22)21-20-13-6-1-2-7-14(13)24/h1-10,23-24H,11H2. The topological polar surface area (TPSA) is 82.5 Å². The molecule has 0 spiro atoms. The highest BCUT2D eigenvalue weighted by Gasteiger charge is 2.16. The largest absolute Gasteiger partial charge is 0.506 e. The van der Waals surface area contributed by atoms with Crippen molar-refractivity contribution in [2.24, 2.45) is 10.2 Å². The summed E-state index contributed by atoms with van der Waals surface area (Å²) in [5.74, 6) is 0.616. The molecule has 4 rings (SSSR count). The zero-order valence-corrected chi connectivity index (χ0v) is 13.9. The lowest BCUT2D eigenvalue weighted by molar-refractivity contribution is 0.282. The summed E-state index contributed by atoms with van der Waals surface area (Å²) in [7, 11) is 0. The smallest absolute Gasteiger partial charge is 0.188 e. The molecule has 124 valence electrons. The highest BCUT2D eigenvalue weighted by Crippen LogP contribution is 2.36. The van der Waals surface area contributed by atoms with Crippen LogP contribution < -0.4 is 0 Å². The van der Waals surface area contributed by atoms with Crippen LogP contribution in [0.3, 0.4) is 0 Å². The number of azo groups is 1. The van der Waals surface area contributed by atoms with Gasteiger partial charge in [0.2, 0.25) is 0 Å². The van der Waals surface area contributed by atoms with Crippen LogP contribution in [-0.2, 0) is 6.61 Å². The van der Waals surface area contributed by atoms with E-state index in [-0.39, 0.29) is 12.4 Å². The van der Waals surface area contributed by atoms with E-state index in [0.29, 0.717) is 28.4 Å². The van der Waals surface area contributed by atoms with Crippen molar-refractivity contribution in [3.05, 3.63) is 65.7 Å². The molecule has 0 bridgehead atoms. The van der Waals surface area contributed by atoms with Gasteiger partial charge in [0.05, 0.1) is 11.5 Å². The molecule has 3 aromatic heterocycles. The van der Waals surface area contributed by atoms with Gasteiger partial charge in [-0.05, 0) is 29.6 Å². The first-order chi connectivity index (χ1) is 12.3. The average molecular weight is 350 g/mol. The van der Waals surface area contributed by atoms with Crippen molar-refractivity contribution in [1.82, 2.24) is 9.38 Å². The maximum atomic E-state index is 9.88. The molecular formula is C18H14N4O2S. The number of fused-ring (bicyclic) bond motifs is 1. The normalized spacial score (nSPS) is 11.6. The van der Waals surface area contributed by atoms with Crippen LogP contribution in [0.5, 0.6) is 5.75 Å². The van der Waals surface area contributed by atoms with E-state index in [2.05, 4.69) is 15.2 Å². The van der Waals surface area contributed by atoms with Crippen molar-refractivity contribution in [1.29, 1.82) is 0 Å². The Kier molecular flexibility index (Phi) is 4.01. The molecule has 0 aliphatic heterocycles. The molecule has 0 saturated carbocycles. The third-order valence-electron chi connectivity index (χ3n) is 3.76. The lowest BCUT2D eigenvalue weighted by Crippen LogP contribution is -1.90. The number of pyridine rings is 1. The fraction of sp³-hybridized carbons (Fsp3) is 0.0556. The van der Waals surface area contributed by atoms with E-state index >= 15 is 0 Å². The number of thiophene rings is 1. The molecule has 6 nitrogen and oxygen atoms in total. The number of aliphatic hydroxyl groups excluding tert-OH is 1. The summed E-state index contributed by atoms with van der Waals surface area (Å²) in [4.78, 5) is 5.62. The van der Waals surface area contributed by atoms with Gasteiger partial charge in [0.25, 0.3) is 0 Å². The van der Waals surface area contributed by atoms with Crippen molar-refractivity contribution in [3.8, 4) is 16.3 Å². The molecule has 4 aromatic rings. The number of aliphatic hydroxyl groups is 1. The first-order valence-corrected chi connectivity index (χ1v) is 8.50. The molecule has 0 amide bonds. The zero-order chi connectivity index (χ0) is 17.2. The monoisotopic (exact) mass is 350 g/mol. The van der Waals surface area contributed by atoms with E-state index in [9.17, 15) is 10.2 Å². The van der Waals surface area contributed by atoms with Gasteiger partial charge >= 0.3 is 0 Å². The Bertz CT molecular complexity index is 1050. The van der Waals surface area contributed by atoms with Crippen molar-refractivity contribution >= 4 is 28.5 Å². The number of hydrogen-bond donors (Lipinski definition) is 2. The summed E-state index contributed by atoms with van der Waals surface area (Å²) >= 11 is 1.55. The fourth-order valence-electron chi connectivity index (χ4n) is 2.56. The predicted octanol–water partition coefficient (Wildman–Crippen LogP) is 4.68. The maximum Gasteiger partial charge on any atom is 0.188 e. The lowest BCUT2D eigenvalue weighted by atomic mass is 10.3. The highest BCUT2D eigenvalue weighted by atomic mass is 32.1. The van der Waals surface area contributed by atoms with Crippen molar-refractivity contribution < 1.29 is 10.2 Å². The Morgan fingerprint density at radius 3 is 2.68 bits per heavy atom. The van der Waals surface area contributed by atoms with Crippen LogP contribution in [0, 0.1) is 0 Å².